The molecule has 3 rings (SSSR count). The van der Waals surface area contributed by atoms with Crippen molar-refractivity contribution in [1.82, 2.24) is 9.55 Å². The molecule has 0 radical (unpaired) electrons. The molecule has 0 spiro atoms. The Morgan fingerprint density at radius 1 is 1.38 bits per heavy atom. The zero-order chi connectivity index (χ0) is 8.67. The van der Waals surface area contributed by atoms with Gasteiger partial charge in [-0.1, -0.05) is 0 Å². The van der Waals surface area contributed by atoms with Gasteiger partial charge in [0.15, 0.2) is 0 Å². The lowest BCUT2D eigenvalue weighted by Gasteiger charge is -2.02. The van der Waals surface area contributed by atoms with E-state index >= 15 is 0 Å². The molecule has 0 N–H and O–H groups in total. The van der Waals surface area contributed by atoms with Crippen molar-refractivity contribution < 1.29 is 0 Å². The first kappa shape index (κ1) is 7.13. The van der Waals surface area contributed by atoms with Crippen molar-refractivity contribution >= 4 is 10.9 Å². The van der Waals surface area contributed by atoms with Crippen LogP contribution in [0.1, 0.15) is 12.8 Å². The molecule has 2 nitrogen and oxygen atoms in total. The van der Waals surface area contributed by atoms with Crippen LogP contribution in [-0.4, -0.2) is 9.55 Å². The minimum atomic E-state index is 0.927. The Morgan fingerprint density at radius 2 is 2.31 bits per heavy atom. The predicted molar refractivity (Wildman–Crippen MR) is 52.5 cm³/mol. The van der Waals surface area contributed by atoms with Gasteiger partial charge in [-0.2, -0.15) is 0 Å². The van der Waals surface area contributed by atoms with Crippen molar-refractivity contribution in [2.45, 2.75) is 19.4 Å². The smallest absolute Gasteiger partial charge is 0.0666 e. The normalized spacial score (nSPS) is 16.6. The maximum atomic E-state index is 4.15. The van der Waals surface area contributed by atoms with Crippen LogP contribution < -0.4 is 0 Å². The Kier molecular flexibility index (Phi) is 1.42. The van der Waals surface area contributed by atoms with E-state index in [-0.39, 0.29) is 0 Å². The zero-order valence-electron chi connectivity index (χ0n) is 7.48. The van der Waals surface area contributed by atoms with Crippen LogP contribution >= 0.6 is 0 Å². The summed E-state index contributed by atoms with van der Waals surface area (Å²) in [4.78, 5) is 4.15. The van der Waals surface area contributed by atoms with E-state index in [1.54, 1.807) is 0 Å². The second-order valence-electron chi connectivity index (χ2n) is 3.85. The Balaban J connectivity index is 2.06. The summed E-state index contributed by atoms with van der Waals surface area (Å²) in [5.74, 6) is 0.927. The number of hydrogen-bond donors (Lipinski definition) is 0. The third kappa shape index (κ3) is 1.22. The Hall–Kier alpha value is -1.31. The summed E-state index contributed by atoms with van der Waals surface area (Å²) >= 11 is 0. The molecule has 66 valence electrons. The van der Waals surface area contributed by atoms with Gasteiger partial charge in [0, 0.05) is 24.3 Å². The lowest BCUT2D eigenvalue weighted by Crippen LogP contribution is -1.97. The Labute approximate surface area is 77.2 Å². The van der Waals surface area contributed by atoms with Gasteiger partial charge in [0.05, 0.1) is 11.7 Å². The molecule has 0 atom stereocenters. The quantitative estimate of drug-likeness (QED) is 0.680. The second-order valence-corrected chi connectivity index (χ2v) is 3.85. The van der Waals surface area contributed by atoms with E-state index in [4.69, 9.17) is 0 Å². The zero-order valence-corrected chi connectivity index (χ0v) is 7.48. The van der Waals surface area contributed by atoms with E-state index in [1.807, 2.05) is 12.4 Å². The van der Waals surface area contributed by atoms with Gasteiger partial charge >= 0.3 is 0 Å². The van der Waals surface area contributed by atoms with E-state index in [1.165, 1.54) is 30.3 Å². The highest BCUT2D eigenvalue weighted by molar-refractivity contribution is 5.78. The van der Waals surface area contributed by atoms with Crippen molar-refractivity contribution in [2.75, 3.05) is 0 Å². The van der Waals surface area contributed by atoms with Crippen molar-refractivity contribution in [3.63, 3.8) is 0 Å². The molecule has 13 heavy (non-hydrogen) atoms. The molecule has 2 heteroatoms. The highest BCUT2D eigenvalue weighted by Gasteiger charge is 2.21. The van der Waals surface area contributed by atoms with E-state index in [0.29, 0.717) is 0 Å². The average Bonchev–Trinajstić information content (AvgIpc) is 2.88. The number of pyridine rings is 1. The number of rotatable bonds is 2. The fourth-order valence-electron chi connectivity index (χ4n) is 1.77. The molecule has 0 bridgehead atoms. The van der Waals surface area contributed by atoms with Crippen LogP contribution in [0.5, 0.6) is 0 Å². The van der Waals surface area contributed by atoms with E-state index < -0.39 is 0 Å². The van der Waals surface area contributed by atoms with Gasteiger partial charge in [0.25, 0.3) is 0 Å². The molecule has 0 saturated heterocycles. The fraction of sp³-hybridized carbons (Fsp3) is 0.364. The van der Waals surface area contributed by atoms with Crippen LogP contribution in [0.3, 0.4) is 0 Å². The summed E-state index contributed by atoms with van der Waals surface area (Å²) in [7, 11) is 0. The molecule has 2 heterocycles. The van der Waals surface area contributed by atoms with Crippen molar-refractivity contribution in [1.29, 1.82) is 0 Å². The molecule has 1 fully saturated rings. The van der Waals surface area contributed by atoms with Crippen molar-refractivity contribution in [3.8, 4) is 0 Å². The van der Waals surface area contributed by atoms with Crippen LogP contribution in [0.15, 0.2) is 30.7 Å². The molecule has 0 aromatic carbocycles. The summed E-state index contributed by atoms with van der Waals surface area (Å²) in [6.45, 7) is 1.18. The number of nitrogens with zero attached hydrogens (tertiary/aromatic N) is 2. The average molecular weight is 172 g/mol. The van der Waals surface area contributed by atoms with Crippen LogP contribution in [0, 0.1) is 5.92 Å². The summed E-state index contributed by atoms with van der Waals surface area (Å²) in [6, 6.07) is 4.23. The summed E-state index contributed by atoms with van der Waals surface area (Å²) in [5.41, 5.74) is 1.27. The summed E-state index contributed by atoms with van der Waals surface area (Å²) in [6.07, 6.45) is 8.78. The Morgan fingerprint density at radius 3 is 3.15 bits per heavy atom. The molecule has 2 aromatic rings. The van der Waals surface area contributed by atoms with Crippen molar-refractivity contribution in [2.24, 2.45) is 5.92 Å². The van der Waals surface area contributed by atoms with Gasteiger partial charge in [-0.25, -0.2) is 0 Å². The largest absolute Gasteiger partial charge is 0.346 e. The van der Waals surface area contributed by atoms with Crippen LogP contribution in [0.4, 0.5) is 0 Å². The molecule has 1 aliphatic rings. The van der Waals surface area contributed by atoms with Gasteiger partial charge in [-0.05, 0) is 30.9 Å². The van der Waals surface area contributed by atoms with Crippen LogP contribution in [-0.2, 0) is 6.54 Å². The molecule has 1 aliphatic carbocycles. The third-order valence-electron chi connectivity index (χ3n) is 2.73. The molecular formula is C11H12N2. The van der Waals surface area contributed by atoms with Gasteiger partial charge in [-0.3, -0.25) is 4.98 Å². The molecule has 1 saturated carbocycles. The number of aromatic nitrogens is 2. The second kappa shape index (κ2) is 2.59. The first-order chi connectivity index (χ1) is 6.43. The molecule has 0 amide bonds. The fourth-order valence-corrected chi connectivity index (χ4v) is 1.77. The maximum Gasteiger partial charge on any atom is 0.0666 e. The summed E-state index contributed by atoms with van der Waals surface area (Å²) in [5, 5.41) is 1.30. The number of hydrogen-bond acceptors (Lipinski definition) is 1. The molecule has 2 aromatic heterocycles. The standard InChI is InChI=1S/C11H12N2/c1-2-9(1)8-13-6-4-10-3-5-12-7-11(10)13/h3-7,9H,1-2,8H2. The van der Waals surface area contributed by atoms with Gasteiger partial charge in [0.2, 0.25) is 0 Å². The lowest BCUT2D eigenvalue weighted by molar-refractivity contribution is 0.647. The Bertz CT molecular complexity index is 426. The van der Waals surface area contributed by atoms with E-state index in [9.17, 15) is 0 Å². The molecular weight excluding hydrogens is 160 g/mol. The third-order valence-corrected chi connectivity index (χ3v) is 2.73. The van der Waals surface area contributed by atoms with E-state index in [2.05, 4.69) is 27.9 Å². The van der Waals surface area contributed by atoms with E-state index in [0.717, 1.165) is 5.92 Å². The first-order valence-electron chi connectivity index (χ1n) is 4.82. The highest BCUT2D eigenvalue weighted by atomic mass is 15.0. The SMILES string of the molecule is c1cc2ccn(CC3CC3)c2cn1. The van der Waals surface area contributed by atoms with Crippen LogP contribution in [0.2, 0.25) is 0 Å². The first-order valence-corrected chi connectivity index (χ1v) is 4.82. The van der Waals surface area contributed by atoms with Gasteiger partial charge < -0.3 is 4.57 Å². The monoisotopic (exact) mass is 172 g/mol. The topological polar surface area (TPSA) is 17.8 Å². The predicted octanol–water partition coefficient (Wildman–Crippen LogP) is 2.45. The maximum absolute atomic E-state index is 4.15. The minimum Gasteiger partial charge on any atom is -0.346 e. The molecule has 0 aliphatic heterocycles. The minimum absolute atomic E-state index is 0.927. The number of fused-ring (bicyclic) bond motifs is 1. The van der Waals surface area contributed by atoms with Crippen LogP contribution in [0.25, 0.3) is 10.9 Å². The van der Waals surface area contributed by atoms with Gasteiger partial charge in [0.1, 0.15) is 0 Å². The van der Waals surface area contributed by atoms with Gasteiger partial charge in [-0.15, -0.1) is 0 Å². The highest BCUT2D eigenvalue weighted by Crippen LogP contribution is 2.31. The van der Waals surface area contributed by atoms with Crippen molar-refractivity contribution in [3.05, 3.63) is 30.7 Å². The lowest BCUT2D eigenvalue weighted by atomic mass is 10.3. The summed E-state index contributed by atoms with van der Waals surface area (Å²) < 4.78 is 2.32. The molecule has 0 unspecified atom stereocenters.